The van der Waals surface area contributed by atoms with Gasteiger partial charge in [-0.3, -0.25) is 0 Å². The molecule has 3 heteroatoms. The summed E-state index contributed by atoms with van der Waals surface area (Å²) in [6.45, 7) is 2.04. The molecule has 0 nitrogen and oxygen atoms in total. The lowest BCUT2D eigenvalue weighted by Crippen LogP contribution is -2.12. The summed E-state index contributed by atoms with van der Waals surface area (Å²) in [6.07, 6.45) is 1.21. The van der Waals surface area contributed by atoms with Gasteiger partial charge in [-0.15, -0.1) is 0 Å². The fraction of sp³-hybridized carbons (Fsp3) is 0.294. The first kappa shape index (κ1) is 15.2. The fourth-order valence-corrected chi connectivity index (χ4v) is 2.71. The molecule has 0 radical (unpaired) electrons. The Morgan fingerprint density at radius 2 is 1.55 bits per heavy atom. The topological polar surface area (TPSA) is 0 Å². The Morgan fingerprint density at radius 1 is 0.950 bits per heavy atom. The Morgan fingerprint density at radius 3 is 2.10 bits per heavy atom. The summed E-state index contributed by atoms with van der Waals surface area (Å²) >= 11 is 3.45. The Labute approximate surface area is 127 Å². The molecule has 1 unspecified atom stereocenters. The van der Waals surface area contributed by atoms with Gasteiger partial charge in [0.1, 0.15) is 11.6 Å². The molecule has 106 valence electrons. The van der Waals surface area contributed by atoms with Crippen molar-refractivity contribution in [2.75, 3.05) is 5.33 Å². The highest BCUT2D eigenvalue weighted by atomic mass is 79.9. The summed E-state index contributed by atoms with van der Waals surface area (Å²) in [6, 6.07) is 12.3. The zero-order valence-corrected chi connectivity index (χ0v) is 13.0. The van der Waals surface area contributed by atoms with Crippen LogP contribution in [0.5, 0.6) is 0 Å². The number of hydrogen-bond donors (Lipinski definition) is 0. The number of alkyl halides is 1. The van der Waals surface area contributed by atoms with Crippen LogP contribution in [-0.4, -0.2) is 5.33 Å². The third kappa shape index (κ3) is 3.89. The van der Waals surface area contributed by atoms with Crippen molar-refractivity contribution in [3.05, 3.63) is 70.8 Å². The van der Waals surface area contributed by atoms with Crippen molar-refractivity contribution in [1.82, 2.24) is 0 Å². The SMILES string of the molecule is Cc1ccc(CC(CBr)Cc2c(F)cccc2F)cc1. The minimum absolute atomic E-state index is 0.170. The fourth-order valence-electron chi connectivity index (χ4n) is 2.25. The van der Waals surface area contributed by atoms with Crippen molar-refractivity contribution in [1.29, 1.82) is 0 Å². The van der Waals surface area contributed by atoms with Gasteiger partial charge in [-0.25, -0.2) is 8.78 Å². The highest BCUT2D eigenvalue weighted by Crippen LogP contribution is 2.21. The predicted octanol–water partition coefficient (Wildman–Crippen LogP) is 5.07. The van der Waals surface area contributed by atoms with Crippen LogP contribution in [0.15, 0.2) is 42.5 Å². The summed E-state index contributed by atoms with van der Waals surface area (Å²) in [4.78, 5) is 0. The Balaban J connectivity index is 2.11. The van der Waals surface area contributed by atoms with Crippen LogP contribution in [0.4, 0.5) is 8.78 Å². The molecule has 0 bridgehead atoms. The molecule has 0 aliphatic carbocycles. The van der Waals surface area contributed by atoms with E-state index in [1.807, 2.05) is 6.92 Å². The van der Waals surface area contributed by atoms with E-state index in [1.54, 1.807) is 0 Å². The molecule has 0 spiro atoms. The summed E-state index contributed by atoms with van der Waals surface area (Å²) in [5, 5.41) is 0.717. The average molecular weight is 339 g/mol. The van der Waals surface area contributed by atoms with Gasteiger partial charge in [-0.05, 0) is 43.4 Å². The Kier molecular flexibility index (Phi) is 5.30. The smallest absolute Gasteiger partial charge is 0.129 e. The van der Waals surface area contributed by atoms with Gasteiger partial charge in [0, 0.05) is 10.9 Å². The zero-order chi connectivity index (χ0) is 14.5. The summed E-state index contributed by atoms with van der Waals surface area (Å²) in [7, 11) is 0. The van der Waals surface area contributed by atoms with Crippen LogP contribution in [0.25, 0.3) is 0 Å². The number of hydrogen-bond acceptors (Lipinski definition) is 0. The number of halogens is 3. The molecular formula is C17H17BrF2. The first-order valence-electron chi connectivity index (χ1n) is 6.64. The van der Waals surface area contributed by atoms with E-state index in [0.29, 0.717) is 11.8 Å². The lowest BCUT2D eigenvalue weighted by Gasteiger charge is -2.15. The number of benzene rings is 2. The molecule has 0 fully saturated rings. The van der Waals surface area contributed by atoms with E-state index < -0.39 is 11.6 Å². The zero-order valence-electron chi connectivity index (χ0n) is 11.4. The highest BCUT2D eigenvalue weighted by Gasteiger charge is 2.15. The maximum atomic E-state index is 13.7. The monoisotopic (exact) mass is 338 g/mol. The highest BCUT2D eigenvalue weighted by molar-refractivity contribution is 9.09. The Bertz CT molecular complexity index is 543. The van der Waals surface area contributed by atoms with Gasteiger partial charge in [0.2, 0.25) is 0 Å². The number of aryl methyl sites for hydroxylation is 1. The van der Waals surface area contributed by atoms with Crippen molar-refractivity contribution in [2.45, 2.75) is 19.8 Å². The van der Waals surface area contributed by atoms with Crippen molar-refractivity contribution in [3.63, 3.8) is 0 Å². The molecule has 2 rings (SSSR count). The Hall–Kier alpha value is -1.22. The molecule has 0 N–H and O–H groups in total. The summed E-state index contributed by atoms with van der Waals surface area (Å²) < 4.78 is 27.4. The van der Waals surface area contributed by atoms with E-state index in [1.165, 1.54) is 29.3 Å². The quantitative estimate of drug-likeness (QED) is 0.667. The molecule has 0 saturated heterocycles. The minimum atomic E-state index is -0.458. The van der Waals surface area contributed by atoms with Crippen LogP contribution in [0.1, 0.15) is 16.7 Å². The molecule has 2 aromatic carbocycles. The molecule has 0 saturated carbocycles. The molecule has 0 heterocycles. The van der Waals surface area contributed by atoms with Gasteiger partial charge in [0.15, 0.2) is 0 Å². The van der Waals surface area contributed by atoms with Crippen LogP contribution < -0.4 is 0 Å². The molecule has 20 heavy (non-hydrogen) atoms. The molecule has 0 aliphatic rings. The van der Waals surface area contributed by atoms with Crippen LogP contribution in [0, 0.1) is 24.5 Å². The normalized spacial score (nSPS) is 12.4. The van der Waals surface area contributed by atoms with Crippen molar-refractivity contribution >= 4 is 15.9 Å². The third-order valence-corrected chi connectivity index (χ3v) is 4.33. The van der Waals surface area contributed by atoms with Gasteiger partial charge in [-0.2, -0.15) is 0 Å². The largest absolute Gasteiger partial charge is 0.207 e. The van der Waals surface area contributed by atoms with Gasteiger partial charge < -0.3 is 0 Å². The minimum Gasteiger partial charge on any atom is -0.207 e. The van der Waals surface area contributed by atoms with Gasteiger partial charge in [-0.1, -0.05) is 51.8 Å². The van der Waals surface area contributed by atoms with E-state index in [9.17, 15) is 8.78 Å². The van der Waals surface area contributed by atoms with Gasteiger partial charge >= 0.3 is 0 Å². The molecule has 2 aromatic rings. The molecule has 0 aliphatic heterocycles. The summed E-state index contributed by atoms with van der Waals surface area (Å²) in [5.74, 6) is -0.746. The van der Waals surface area contributed by atoms with Gasteiger partial charge in [0.25, 0.3) is 0 Å². The second-order valence-electron chi connectivity index (χ2n) is 5.11. The van der Waals surface area contributed by atoms with Gasteiger partial charge in [0.05, 0.1) is 0 Å². The molecule has 1 atom stereocenters. The van der Waals surface area contributed by atoms with E-state index >= 15 is 0 Å². The maximum absolute atomic E-state index is 13.7. The maximum Gasteiger partial charge on any atom is 0.129 e. The van der Waals surface area contributed by atoms with E-state index in [2.05, 4.69) is 40.2 Å². The van der Waals surface area contributed by atoms with Crippen LogP contribution in [0.3, 0.4) is 0 Å². The van der Waals surface area contributed by atoms with E-state index in [-0.39, 0.29) is 11.5 Å². The standard InChI is InChI=1S/C17H17BrF2/c1-12-5-7-13(8-6-12)9-14(11-18)10-15-16(19)3-2-4-17(15)20/h2-8,14H,9-11H2,1H3. The first-order chi connectivity index (χ1) is 9.60. The molecule has 0 aromatic heterocycles. The second kappa shape index (κ2) is 6.98. The van der Waals surface area contributed by atoms with Crippen molar-refractivity contribution in [2.24, 2.45) is 5.92 Å². The second-order valence-corrected chi connectivity index (χ2v) is 5.76. The van der Waals surface area contributed by atoms with Crippen LogP contribution in [-0.2, 0) is 12.8 Å². The lowest BCUT2D eigenvalue weighted by molar-refractivity contribution is 0.510. The lowest BCUT2D eigenvalue weighted by atomic mass is 9.93. The number of rotatable bonds is 5. The molecular weight excluding hydrogens is 322 g/mol. The van der Waals surface area contributed by atoms with Crippen molar-refractivity contribution < 1.29 is 8.78 Å². The average Bonchev–Trinajstić information content (AvgIpc) is 2.44. The predicted molar refractivity (Wildman–Crippen MR) is 82.2 cm³/mol. The van der Waals surface area contributed by atoms with Crippen LogP contribution in [0.2, 0.25) is 0 Å². The third-order valence-electron chi connectivity index (χ3n) is 3.42. The van der Waals surface area contributed by atoms with E-state index in [4.69, 9.17) is 0 Å². The molecule has 0 amide bonds. The first-order valence-corrected chi connectivity index (χ1v) is 7.76. The van der Waals surface area contributed by atoms with Crippen molar-refractivity contribution in [3.8, 4) is 0 Å². The summed E-state index contributed by atoms with van der Waals surface area (Å²) in [5.41, 5.74) is 2.59. The van der Waals surface area contributed by atoms with Crippen LogP contribution >= 0.6 is 15.9 Å². The van der Waals surface area contributed by atoms with E-state index in [0.717, 1.165) is 6.42 Å².